The van der Waals surface area contributed by atoms with E-state index >= 15 is 0 Å². The summed E-state index contributed by atoms with van der Waals surface area (Å²) in [4.78, 5) is 38.2. The molecule has 0 radical (unpaired) electrons. The van der Waals surface area contributed by atoms with E-state index in [0.717, 1.165) is 16.2 Å². The minimum absolute atomic E-state index is 0.0101. The van der Waals surface area contributed by atoms with E-state index in [1.807, 2.05) is 75.4 Å². The molecule has 1 aliphatic rings. The molecule has 0 aliphatic carbocycles. The molecule has 2 amide bonds. The second-order valence-corrected chi connectivity index (χ2v) is 19.2. The molecule has 4 atom stereocenters. The highest BCUT2D eigenvalue weighted by Gasteiger charge is 2.38. The molecular formula is C39H55ClN2O6Si. The first-order valence-corrected chi connectivity index (χ1v) is 20.1. The van der Waals surface area contributed by atoms with Crippen LogP contribution in [0.3, 0.4) is 0 Å². The van der Waals surface area contributed by atoms with Crippen molar-refractivity contribution in [3.05, 3.63) is 107 Å². The van der Waals surface area contributed by atoms with Gasteiger partial charge in [-0.25, -0.2) is 4.79 Å². The molecule has 0 saturated heterocycles. The molecule has 0 saturated carbocycles. The maximum Gasteiger partial charge on any atom is 0.373 e. The van der Waals surface area contributed by atoms with Crippen LogP contribution < -0.4 is 10.6 Å². The fourth-order valence-corrected chi connectivity index (χ4v) is 6.26. The molecule has 1 heterocycles. The van der Waals surface area contributed by atoms with E-state index in [-0.39, 0.29) is 40.7 Å². The third-order valence-electron chi connectivity index (χ3n) is 8.63. The first-order valence-electron chi connectivity index (χ1n) is 16.8. The van der Waals surface area contributed by atoms with Crippen LogP contribution in [0.1, 0.15) is 66.4 Å². The number of benzene rings is 1. The van der Waals surface area contributed by atoms with Crippen LogP contribution in [0.15, 0.2) is 102 Å². The van der Waals surface area contributed by atoms with Gasteiger partial charge >= 0.3 is 5.97 Å². The number of cyclic esters (lactones) is 1. The van der Waals surface area contributed by atoms with Crippen molar-refractivity contribution < 1.29 is 28.3 Å². The van der Waals surface area contributed by atoms with Gasteiger partial charge in [-0.3, -0.25) is 9.59 Å². The van der Waals surface area contributed by atoms with Gasteiger partial charge < -0.3 is 24.5 Å². The highest BCUT2D eigenvalue weighted by molar-refractivity contribution is 6.74. The van der Waals surface area contributed by atoms with Crippen molar-refractivity contribution in [2.45, 2.75) is 104 Å². The standard InChI is InChI=1S/C39H55ClN2O6Si/c1-28(26-29(2)34-23-24-35(46-7)38(45)47-34)16-13-14-20-36(43)42-33(27-31-17-11-10-12-18-31)37(44)41-25-15-19-32(22-21-30(3)40)48-49(8,9)39(4,5)6/h10-18,20-21,24-26,29,32-34H,19,22-23,27H2,1-9H3,(H,41,44)(H,42,43)/b16-13-,20-14-,25-15-,28-26+,30-21+/t29-,32-,33-,34-/m0/s1. The van der Waals surface area contributed by atoms with Crippen LogP contribution in [0.25, 0.3) is 0 Å². The number of amides is 2. The van der Waals surface area contributed by atoms with E-state index in [9.17, 15) is 14.4 Å². The van der Waals surface area contributed by atoms with Crippen molar-refractivity contribution in [3.8, 4) is 0 Å². The third kappa shape index (κ3) is 15.2. The summed E-state index contributed by atoms with van der Waals surface area (Å²) in [5.74, 6) is -0.943. The lowest BCUT2D eigenvalue weighted by Gasteiger charge is -2.39. The van der Waals surface area contributed by atoms with Gasteiger partial charge in [0.05, 0.1) is 13.2 Å². The minimum Gasteiger partial charge on any atom is -0.490 e. The first kappa shape index (κ1) is 41.5. The Labute approximate surface area is 299 Å². The molecule has 0 bridgehead atoms. The Balaban J connectivity index is 2.04. The summed E-state index contributed by atoms with van der Waals surface area (Å²) < 4.78 is 17.1. The van der Waals surface area contributed by atoms with E-state index in [1.54, 1.807) is 24.4 Å². The van der Waals surface area contributed by atoms with Crippen molar-refractivity contribution in [2.75, 3.05) is 7.11 Å². The fraction of sp³-hybridized carbons (Fsp3) is 0.462. The Kier molecular flexibility index (Phi) is 17.0. The molecule has 8 nitrogen and oxygen atoms in total. The Morgan fingerprint density at radius 2 is 1.78 bits per heavy atom. The van der Waals surface area contributed by atoms with Crippen LogP contribution in [0, 0.1) is 5.92 Å². The number of methoxy groups -OCH3 is 1. The zero-order chi connectivity index (χ0) is 36.6. The zero-order valence-corrected chi connectivity index (χ0v) is 32.3. The smallest absolute Gasteiger partial charge is 0.373 e. The van der Waals surface area contributed by atoms with E-state index < -0.39 is 20.3 Å². The Morgan fingerprint density at radius 3 is 2.39 bits per heavy atom. The van der Waals surface area contributed by atoms with E-state index in [4.69, 9.17) is 25.5 Å². The number of hydrogen-bond acceptors (Lipinski definition) is 6. The molecule has 0 unspecified atom stereocenters. The summed E-state index contributed by atoms with van der Waals surface area (Å²) in [7, 11) is -0.572. The van der Waals surface area contributed by atoms with E-state index in [2.05, 4.69) is 44.5 Å². The highest BCUT2D eigenvalue weighted by atomic mass is 35.5. The van der Waals surface area contributed by atoms with Crippen LogP contribution in [0.2, 0.25) is 18.1 Å². The minimum atomic E-state index is -2.02. The molecule has 1 aromatic rings. The quantitative estimate of drug-likeness (QED) is 0.0732. The summed E-state index contributed by atoms with van der Waals surface area (Å²) in [6, 6.07) is 8.77. The van der Waals surface area contributed by atoms with Crippen LogP contribution in [0.4, 0.5) is 0 Å². The second-order valence-electron chi connectivity index (χ2n) is 13.9. The fourth-order valence-electron chi connectivity index (χ4n) is 4.79. The van der Waals surface area contributed by atoms with Crippen molar-refractivity contribution in [3.63, 3.8) is 0 Å². The Morgan fingerprint density at radius 1 is 1.10 bits per heavy atom. The van der Waals surface area contributed by atoms with Gasteiger partial charge in [0.15, 0.2) is 14.1 Å². The maximum atomic E-state index is 13.3. The Hall–Kier alpha value is -3.66. The summed E-state index contributed by atoms with van der Waals surface area (Å²) in [6.07, 6.45) is 17.7. The van der Waals surface area contributed by atoms with Gasteiger partial charge in [-0.2, -0.15) is 0 Å². The average Bonchev–Trinajstić information content (AvgIpc) is 3.03. The van der Waals surface area contributed by atoms with Crippen LogP contribution >= 0.6 is 11.6 Å². The highest BCUT2D eigenvalue weighted by Crippen LogP contribution is 2.38. The van der Waals surface area contributed by atoms with Gasteiger partial charge in [0.1, 0.15) is 12.1 Å². The van der Waals surface area contributed by atoms with Crippen LogP contribution in [-0.2, 0) is 34.7 Å². The lowest BCUT2D eigenvalue weighted by atomic mass is 9.97. The van der Waals surface area contributed by atoms with Gasteiger partial charge in [0.25, 0.3) is 0 Å². The summed E-state index contributed by atoms with van der Waals surface area (Å²) >= 11 is 6.12. The zero-order valence-electron chi connectivity index (χ0n) is 30.5. The van der Waals surface area contributed by atoms with Gasteiger partial charge in [0.2, 0.25) is 11.8 Å². The molecule has 49 heavy (non-hydrogen) atoms. The van der Waals surface area contributed by atoms with Gasteiger partial charge in [0, 0.05) is 29.9 Å². The van der Waals surface area contributed by atoms with Crippen molar-refractivity contribution >= 4 is 37.7 Å². The summed E-state index contributed by atoms with van der Waals surface area (Å²) in [5.41, 5.74) is 1.88. The average molecular weight is 711 g/mol. The third-order valence-corrected chi connectivity index (χ3v) is 13.3. The number of halogens is 1. The number of carbonyl (C=O) groups is 3. The monoisotopic (exact) mass is 710 g/mol. The number of carbonyl (C=O) groups excluding carboxylic acids is 3. The molecule has 10 heteroatoms. The number of ether oxygens (including phenoxy) is 2. The van der Waals surface area contributed by atoms with Gasteiger partial charge in [-0.05, 0) is 62.7 Å². The first-order chi connectivity index (χ1) is 23.0. The van der Waals surface area contributed by atoms with E-state index in [0.29, 0.717) is 25.7 Å². The van der Waals surface area contributed by atoms with Crippen molar-refractivity contribution in [1.82, 2.24) is 10.6 Å². The Bertz CT molecular complexity index is 1430. The topological polar surface area (TPSA) is 103 Å². The van der Waals surface area contributed by atoms with Gasteiger partial charge in [-0.1, -0.05) is 112 Å². The molecule has 268 valence electrons. The molecule has 0 aromatic heterocycles. The van der Waals surface area contributed by atoms with E-state index in [1.165, 1.54) is 13.2 Å². The lowest BCUT2D eigenvalue weighted by molar-refractivity contribution is -0.151. The maximum absolute atomic E-state index is 13.3. The molecule has 0 fully saturated rings. The van der Waals surface area contributed by atoms with Crippen LogP contribution in [0.5, 0.6) is 0 Å². The summed E-state index contributed by atoms with van der Waals surface area (Å²) in [6.45, 7) is 16.8. The van der Waals surface area contributed by atoms with Crippen molar-refractivity contribution in [1.29, 1.82) is 0 Å². The lowest BCUT2D eigenvalue weighted by Crippen LogP contribution is -2.46. The van der Waals surface area contributed by atoms with Crippen molar-refractivity contribution in [2.24, 2.45) is 5.92 Å². The number of nitrogens with one attached hydrogen (secondary N) is 2. The number of allylic oxidation sites excluding steroid dienone is 5. The summed E-state index contributed by atoms with van der Waals surface area (Å²) in [5, 5.41) is 6.47. The molecule has 1 aromatic carbocycles. The number of esters is 1. The largest absolute Gasteiger partial charge is 0.490 e. The second kappa shape index (κ2) is 20.1. The van der Waals surface area contributed by atoms with Gasteiger partial charge in [-0.15, -0.1) is 0 Å². The molecule has 2 rings (SSSR count). The number of hydrogen-bond donors (Lipinski definition) is 2. The predicted molar refractivity (Wildman–Crippen MR) is 201 cm³/mol. The SMILES string of the molecule is COC1=CC[C@@H]([C@@H](C)/C=C(C)/C=C\C=C/C(=O)N[C@@H](Cc2ccccc2)C(=O)N/C=C\C[C@@H](C/C=C(\C)Cl)O[Si](C)(C)C(C)(C)C)OC1=O. The van der Waals surface area contributed by atoms with Crippen LogP contribution in [-0.4, -0.2) is 51.5 Å². The predicted octanol–water partition coefficient (Wildman–Crippen LogP) is 8.20. The molecule has 2 N–H and O–H groups in total. The number of rotatable bonds is 17. The molecule has 1 aliphatic heterocycles. The normalized spacial score (nSPS) is 18.3. The molecular weight excluding hydrogens is 656 g/mol. The molecule has 0 spiro atoms.